The minimum atomic E-state index is -1.25. The first-order valence-corrected chi connectivity index (χ1v) is 9.88. The summed E-state index contributed by atoms with van der Waals surface area (Å²) in [5.41, 5.74) is 2.00. The standard InChI is InChI=1S/C22H13F2N5OS/c1-11-7-13(9-25)8-12(2)19(11)30-21-20-16(5-6-31-20)28-22(29-21)27-15-4-3-14(10-26)17(23)18(15)24/h3-8H,1-2H3,(H,27,28,29). The molecule has 2 aromatic carbocycles. The van der Waals surface area contributed by atoms with Gasteiger partial charge in [0.25, 0.3) is 0 Å². The van der Waals surface area contributed by atoms with Crippen LogP contribution in [0.5, 0.6) is 11.6 Å². The SMILES string of the molecule is Cc1cc(C#N)cc(C)c1Oc1nc(Nc2ccc(C#N)c(F)c2F)nc2ccsc12. The lowest BCUT2D eigenvalue weighted by Crippen LogP contribution is -2.03. The van der Waals surface area contributed by atoms with Crippen LogP contribution in [0.2, 0.25) is 0 Å². The number of halogens is 2. The number of aromatic nitrogens is 2. The van der Waals surface area contributed by atoms with Crippen molar-refractivity contribution < 1.29 is 13.5 Å². The van der Waals surface area contributed by atoms with Gasteiger partial charge in [0, 0.05) is 0 Å². The Bertz CT molecular complexity index is 1400. The van der Waals surface area contributed by atoms with Crippen LogP contribution >= 0.6 is 11.3 Å². The van der Waals surface area contributed by atoms with Gasteiger partial charge in [-0.25, -0.2) is 13.8 Å². The molecule has 6 nitrogen and oxygen atoms in total. The van der Waals surface area contributed by atoms with Gasteiger partial charge in [-0.1, -0.05) is 0 Å². The highest BCUT2D eigenvalue weighted by Crippen LogP contribution is 2.36. The van der Waals surface area contributed by atoms with Gasteiger partial charge in [-0.15, -0.1) is 11.3 Å². The minimum absolute atomic E-state index is 0.00728. The summed E-state index contributed by atoms with van der Waals surface area (Å²) in [5, 5.41) is 22.4. The molecular weight excluding hydrogens is 420 g/mol. The van der Waals surface area contributed by atoms with Gasteiger partial charge >= 0.3 is 0 Å². The van der Waals surface area contributed by atoms with Gasteiger partial charge in [0.2, 0.25) is 11.8 Å². The van der Waals surface area contributed by atoms with Gasteiger partial charge in [-0.3, -0.25) is 0 Å². The Morgan fingerprint density at radius 3 is 2.42 bits per heavy atom. The van der Waals surface area contributed by atoms with Gasteiger partial charge in [-0.05, 0) is 60.7 Å². The number of hydrogen-bond donors (Lipinski definition) is 1. The summed E-state index contributed by atoms with van der Waals surface area (Å²) in [4.78, 5) is 8.68. The lowest BCUT2D eigenvalue weighted by molar-refractivity contribution is 0.462. The molecule has 0 aliphatic heterocycles. The summed E-state index contributed by atoms with van der Waals surface area (Å²) in [6.45, 7) is 3.65. The predicted octanol–water partition coefficient (Wildman–Crippen LogP) is 5.87. The summed E-state index contributed by atoms with van der Waals surface area (Å²) in [5.74, 6) is -1.64. The molecule has 0 saturated carbocycles. The number of benzene rings is 2. The van der Waals surface area contributed by atoms with Crippen molar-refractivity contribution >= 4 is 33.2 Å². The van der Waals surface area contributed by atoms with Crippen LogP contribution in [0.3, 0.4) is 0 Å². The fourth-order valence-corrected chi connectivity index (χ4v) is 3.84. The average Bonchev–Trinajstić information content (AvgIpc) is 3.23. The molecule has 0 spiro atoms. The Kier molecular flexibility index (Phi) is 5.20. The van der Waals surface area contributed by atoms with Crippen LogP contribution in [0.15, 0.2) is 35.7 Å². The van der Waals surface area contributed by atoms with Crippen LogP contribution in [0.1, 0.15) is 22.3 Å². The zero-order valence-corrected chi connectivity index (χ0v) is 17.1. The van der Waals surface area contributed by atoms with Crippen molar-refractivity contribution in [3.63, 3.8) is 0 Å². The topological polar surface area (TPSA) is 94.6 Å². The van der Waals surface area contributed by atoms with Gasteiger partial charge in [0.1, 0.15) is 16.5 Å². The number of anilines is 2. The van der Waals surface area contributed by atoms with Crippen molar-refractivity contribution in [2.45, 2.75) is 13.8 Å². The molecule has 31 heavy (non-hydrogen) atoms. The number of fused-ring (bicyclic) bond motifs is 1. The van der Waals surface area contributed by atoms with Crippen LogP contribution in [-0.4, -0.2) is 9.97 Å². The summed E-state index contributed by atoms with van der Waals surface area (Å²) in [6, 6.07) is 11.3. The van der Waals surface area contributed by atoms with E-state index in [0.717, 1.165) is 11.1 Å². The van der Waals surface area contributed by atoms with Gasteiger partial charge in [0.15, 0.2) is 11.6 Å². The van der Waals surface area contributed by atoms with E-state index in [1.807, 2.05) is 19.2 Å². The van der Waals surface area contributed by atoms with Crippen molar-refractivity contribution in [2.75, 3.05) is 5.32 Å². The lowest BCUT2D eigenvalue weighted by Gasteiger charge is -2.13. The number of nitrogens with zero attached hydrogens (tertiary/aromatic N) is 4. The summed E-state index contributed by atoms with van der Waals surface area (Å²) < 4.78 is 35.0. The molecule has 2 heterocycles. The third-order valence-corrected chi connectivity index (χ3v) is 5.40. The highest BCUT2D eigenvalue weighted by molar-refractivity contribution is 7.17. The number of rotatable bonds is 4. The van der Waals surface area contributed by atoms with E-state index < -0.39 is 17.2 Å². The fourth-order valence-electron chi connectivity index (χ4n) is 3.09. The molecule has 4 aromatic rings. The van der Waals surface area contributed by atoms with Crippen molar-refractivity contribution in [3.05, 3.63) is 69.6 Å². The van der Waals surface area contributed by atoms with E-state index in [1.165, 1.54) is 23.5 Å². The molecule has 0 unspecified atom stereocenters. The molecule has 9 heteroatoms. The van der Waals surface area contributed by atoms with Gasteiger partial charge in [0.05, 0.1) is 28.4 Å². The largest absolute Gasteiger partial charge is 0.437 e. The first-order valence-electron chi connectivity index (χ1n) is 9.01. The molecule has 0 aliphatic rings. The van der Waals surface area contributed by atoms with E-state index in [-0.39, 0.29) is 17.5 Å². The molecule has 0 aliphatic carbocycles. The van der Waals surface area contributed by atoms with E-state index in [1.54, 1.807) is 24.3 Å². The molecule has 1 N–H and O–H groups in total. The Morgan fingerprint density at radius 1 is 1.00 bits per heavy atom. The molecule has 0 atom stereocenters. The predicted molar refractivity (Wildman–Crippen MR) is 112 cm³/mol. The molecule has 152 valence electrons. The van der Waals surface area contributed by atoms with E-state index in [9.17, 15) is 8.78 Å². The Morgan fingerprint density at radius 2 is 1.74 bits per heavy atom. The van der Waals surface area contributed by atoms with Gasteiger partial charge in [-0.2, -0.15) is 15.5 Å². The third kappa shape index (κ3) is 3.75. The second-order valence-electron chi connectivity index (χ2n) is 6.67. The smallest absolute Gasteiger partial charge is 0.242 e. The van der Waals surface area contributed by atoms with Crippen LogP contribution in [-0.2, 0) is 0 Å². The van der Waals surface area contributed by atoms with Gasteiger partial charge < -0.3 is 10.1 Å². The number of ether oxygens (including phenoxy) is 1. The second kappa shape index (κ2) is 7.98. The molecule has 0 bridgehead atoms. The van der Waals surface area contributed by atoms with E-state index in [4.69, 9.17) is 15.3 Å². The summed E-state index contributed by atoms with van der Waals surface area (Å²) in [6.07, 6.45) is 0. The third-order valence-electron chi connectivity index (χ3n) is 4.51. The van der Waals surface area contributed by atoms with Crippen molar-refractivity contribution in [3.8, 4) is 23.8 Å². The molecule has 0 fully saturated rings. The highest BCUT2D eigenvalue weighted by Gasteiger charge is 2.18. The molecule has 0 amide bonds. The summed E-state index contributed by atoms with van der Waals surface area (Å²) >= 11 is 1.38. The first-order chi connectivity index (χ1) is 14.9. The minimum Gasteiger partial charge on any atom is -0.437 e. The summed E-state index contributed by atoms with van der Waals surface area (Å²) in [7, 11) is 0. The zero-order valence-electron chi connectivity index (χ0n) is 16.3. The van der Waals surface area contributed by atoms with E-state index >= 15 is 0 Å². The quantitative estimate of drug-likeness (QED) is 0.433. The van der Waals surface area contributed by atoms with Crippen LogP contribution < -0.4 is 10.1 Å². The van der Waals surface area contributed by atoms with E-state index in [0.29, 0.717) is 21.5 Å². The average molecular weight is 433 g/mol. The highest BCUT2D eigenvalue weighted by atomic mass is 32.1. The molecule has 0 radical (unpaired) electrons. The van der Waals surface area contributed by atoms with Crippen LogP contribution in [0.4, 0.5) is 20.4 Å². The Hall–Kier alpha value is -4.08. The maximum absolute atomic E-state index is 14.3. The number of hydrogen-bond acceptors (Lipinski definition) is 7. The van der Waals surface area contributed by atoms with Crippen LogP contribution in [0.25, 0.3) is 10.2 Å². The fraction of sp³-hybridized carbons (Fsp3) is 0.0909. The number of nitriles is 2. The van der Waals surface area contributed by atoms with Crippen molar-refractivity contribution in [1.29, 1.82) is 10.5 Å². The molecular formula is C22H13F2N5OS. The monoisotopic (exact) mass is 433 g/mol. The Balaban J connectivity index is 1.76. The maximum Gasteiger partial charge on any atom is 0.242 e. The normalized spacial score (nSPS) is 10.5. The van der Waals surface area contributed by atoms with E-state index in [2.05, 4.69) is 21.4 Å². The Labute approximate surface area is 180 Å². The molecule has 2 aromatic heterocycles. The van der Waals surface area contributed by atoms with Crippen molar-refractivity contribution in [2.24, 2.45) is 0 Å². The number of thiophene rings is 1. The number of nitrogens with one attached hydrogen (secondary N) is 1. The number of aryl methyl sites for hydroxylation is 2. The lowest BCUT2D eigenvalue weighted by atomic mass is 10.1. The van der Waals surface area contributed by atoms with Crippen molar-refractivity contribution in [1.82, 2.24) is 9.97 Å². The second-order valence-corrected chi connectivity index (χ2v) is 7.58. The first kappa shape index (κ1) is 20.2. The zero-order chi connectivity index (χ0) is 22.1. The maximum atomic E-state index is 14.3. The molecule has 4 rings (SSSR count). The van der Waals surface area contributed by atoms with Crippen LogP contribution in [0, 0.1) is 48.1 Å². The molecule has 0 saturated heterocycles.